The molecule has 0 saturated heterocycles. The van der Waals surface area contributed by atoms with Crippen molar-refractivity contribution >= 4 is 21.9 Å². The molecule has 56 heavy (non-hydrogen) atoms. The number of aryl methyl sites for hydroxylation is 1. The van der Waals surface area contributed by atoms with Crippen LogP contribution in [0.4, 0.5) is 0 Å². The summed E-state index contributed by atoms with van der Waals surface area (Å²) in [5, 5.41) is 2.13. The highest BCUT2D eigenvalue weighted by Gasteiger charge is 2.17. The molecule has 0 bridgehead atoms. The molecule has 0 aliphatic carbocycles. The minimum atomic E-state index is 0.580. The average molecular weight is 718 g/mol. The van der Waals surface area contributed by atoms with Crippen molar-refractivity contribution in [2.24, 2.45) is 0 Å². The number of nitrogens with zero attached hydrogens (tertiary/aromatic N) is 3. The maximum Gasteiger partial charge on any atom is 0.164 e. The third-order valence-corrected chi connectivity index (χ3v) is 10.4. The van der Waals surface area contributed by atoms with Gasteiger partial charge in [-0.3, -0.25) is 0 Å². The normalized spacial score (nSPS) is 11.3. The van der Waals surface area contributed by atoms with Crippen LogP contribution in [-0.2, 0) is 0 Å². The Balaban J connectivity index is 1.09. The zero-order valence-electron chi connectivity index (χ0n) is 30.7. The Labute approximate surface area is 325 Å². The number of fused-ring (bicyclic) bond motifs is 3. The summed E-state index contributed by atoms with van der Waals surface area (Å²) in [6.07, 6.45) is 0. The van der Waals surface area contributed by atoms with E-state index in [2.05, 4.69) is 183 Å². The van der Waals surface area contributed by atoms with Crippen molar-refractivity contribution in [2.75, 3.05) is 0 Å². The Hall–Kier alpha value is -7.43. The van der Waals surface area contributed by atoms with E-state index in [9.17, 15) is 0 Å². The van der Waals surface area contributed by atoms with Crippen LogP contribution in [-0.4, -0.2) is 15.0 Å². The van der Waals surface area contributed by atoms with Crippen molar-refractivity contribution in [1.82, 2.24) is 15.0 Å². The lowest BCUT2D eigenvalue weighted by Crippen LogP contribution is -2.00. The van der Waals surface area contributed by atoms with E-state index >= 15 is 0 Å². The van der Waals surface area contributed by atoms with Gasteiger partial charge in [0.15, 0.2) is 17.5 Å². The molecule has 4 heteroatoms. The molecule has 10 rings (SSSR count). The number of aromatic nitrogens is 3. The molecule has 10 aromatic rings. The fourth-order valence-electron chi connectivity index (χ4n) is 7.49. The highest BCUT2D eigenvalue weighted by Crippen LogP contribution is 2.39. The molecule has 0 N–H and O–H groups in total. The second kappa shape index (κ2) is 14.1. The molecule has 2 aromatic heterocycles. The van der Waals surface area contributed by atoms with Gasteiger partial charge in [-0.25, -0.2) is 15.0 Å². The SMILES string of the molecule is Cc1ccc(-c2cccc(-c3nc(-c4ccc(-c5ccccc5)cc4)nc(-c4ccc5c(c4)oc4cccc(-c6cccc(-c7ccccc7)c6)c45)n3)c2)cc1. The Kier molecular flexibility index (Phi) is 8.34. The molecule has 8 aromatic carbocycles. The summed E-state index contributed by atoms with van der Waals surface area (Å²) in [6, 6.07) is 67.6. The summed E-state index contributed by atoms with van der Waals surface area (Å²) in [5.74, 6) is 1.79. The smallest absolute Gasteiger partial charge is 0.164 e. The highest BCUT2D eigenvalue weighted by molar-refractivity contribution is 6.13. The lowest BCUT2D eigenvalue weighted by Gasteiger charge is -2.10. The molecule has 0 saturated carbocycles. The van der Waals surface area contributed by atoms with E-state index in [0.29, 0.717) is 17.5 Å². The van der Waals surface area contributed by atoms with Crippen molar-refractivity contribution in [1.29, 1.82) is 0 Å². The van der Waals surface area contributed by atoms with E-state index in [-0.39, 0.29) is 0 Å². The van der Waals surface area contributed by atoms with Crippen LogP contribution in [0.3, 0.4) is 0 Å². The zero-order valence-corrected chi connectivity index (χ0v) is 30.7. The van der Waals surface area contributed by atoms with Crippen molar-refractivity contribution in [2.45, 2.75) is 6.92 Å². The molecule has 4 nitrogen and oxygen atoms in total. The molecule has 264 valence electrons. The summed E-state index contributed by atoms with van der Waals surface area (Å²) >= 11 is 0. The quantitative estimate of drug-likeness (QED) is 0.165. The molecule has 0 amide bonds. The van der Waals surface area contributed by atoms with Crippen molar-refractivity contribution in [3.8, 4) is 78.7 Å². The fourth-order valence-corrected chi connectivity index (χ4v) is 7.49. The van der Waals surface area contributed by atoms with Crippen LogP contribution in [0.5, 0.6) is 0 Å². The molecular formula is C52H35N3O. The lowest BCUT2D eigenvalue weighted by atomic mass is 9.96. The maximum absolute atomic E-state index is 6.58. The van der Waals surface area contributed by atoms with Gasteiger partial charge in [-0.2, -0.15) is 0 Å². The zero-order chi connectivity index (χ0) is 37.4. The number of rotatable bonds is 7. The van der Waals surface area contributed by atoms with E-state index in [0.717, 1.165) is 72.0 Å². The van der Waals surface area contributed by atoms with Gasteiger partial charge in [0.1, 0.15) is 11.2 Å². The average Bonchev–Trinajstić information content (AvgIpc) is 3.66. The number of furan rings is 1. The standard InChI is InChI=1S/C52H35N3O/c1-34-21-23-38(24-22-34)41-16-9-18-43(32-41)51-53-50(39-27-25-37(26-28-39)35-11-4-2-5-12-35)54-52(55-51)44-29-30-46-48(33-44)56-47-20-10-19-45(49(46)47)42-17-8-15-40(31-42)36-13-6-3-7-14-36/h2-33H,1H3. The van der Waals surface area contributed by atoms with Gasteiger partial charge < -0.3 is 4.42 Å². The molecule has 0 fully saturated rings. The van der Waals surface area contributed by atoms with E-state index in [1.807, 2.05) is 18.2 Å². The summed E-state index contributed by atoms with van der Waals surface area (Å²) in [4.78, 5) is 15.3. The molecule has 0 atom stereocenters. The Morgan fingerprint density at radius 3 is 1.45 bits per heavy atom. The first-order valence-corrected chi connectivity index (χ1v) is 18.8. The van der Waals surface area contributed by atoms with Gasteiger partial charge in [0.2, 0.25) is 0 Å². The van der Waals surface area contributed by atoms with Crippen LogP contribution in [0.25, 0.3) is 101 Å². The summed E-state index contributed by atoms with van der Waals surface area (Å²) < 4.78 is 6.58. The van der Waals surface area contributed by atoms with E-state index in [1.165, 1.54) is 16.7 Å². The lowest BCUT2D eigenvalue weighted by molar-refractivity contribution is 0.669. The van der Waals surface area contributed by atoms with Gasteiger partial charge in [0, 0.05) is 27.5 Å². The minimum Gasteiger partial charge on any atom is -0.456 e. The topological polar surface area (TPSA) is 51.8 Å². The Bertz CT molecular complexity index is 3000. The predicted octanol–water partition coefficient (Wildman–Crippen LogP) is 13.7. The van der Waals surface area contributed by atoms with Gasteiger partial charge in [-0.1, -0.05) is 169 Å². The highest BCUT2D eigenvalue weighted by atomic mass is 16.3. The number of benzene rings is 8. The monoisotopic (exact) mass is 717 g/mol. The Morgan fingerprint density at radius 1 is 0.321 bits per heavy atom. The van der Waals surface area contributed by atoms with Crippen molar-refractivity contribution < 1.29 is 4.42 Å². The molecule has 0 radical (unpaired) electrons. The van der Waals surface area contributed by atoms with E-state index in [4.69, 9.17) is 19.4 Å². The van der Waals surface area contributed by atoms with Gasteiger partial charge >= 0.3 is 0 Å². The molecule has 0 spiro atoms. The molecule has 0 aliphatic heterocycles. The van der Waals surface area contributed by atoms with Crippen molar-refractivity contribution in [3.63, 3.8) is 0 Å². The molecular weight excluding hydrogens is 683 g/mol. The van der Waals surface area contributed by atoms with E-state index < -0.39 is 0 Å². The maximum atomic E-state index is 6.58. The van der Waals surface area contributed by atoms with Gasteiger partial charge in [0.25, 0.3) is 0 Å². The van der Waals surface area contributed by atoms with Gasteiger partial charge in [-0.15, -0.1) is 0 Å². The minimum absolute atomic E-state index is 0.580. The van der Waals surface area contributed by atoms with Crippen LogP contribution in [0, 0.1) is 6.92 Å². The fraction of sp³-hybridized carbons (Fsp3) is 0.0192. The largest absolute Gasteiger partial charge is 0.456 e. The summed E-state index contributed by atoms with van der Waals surface area (Å²) in [7, 11) is 0. The second-order valence-corrected chi connectivity index (χ2v) is 14.1. The van der Waals surface area contributed by atoms with E-state index in [1.54, 1.807) is 0 Å². The predicted molar refractivity (Wildman–Crippen MR) is 230 cm³/mol. The van der Waals surface area contributed by atoms with Crippen LogP contribution in [0.1, 0.15) is 5.56 Å². The first-order chi connectivity index (χ1) is 27.6. The molecule has 0 unspecified atom stereocenters. The summed E-state index contributed by atoms with van der Waals surface area (Å²) in [5.41, 5.74) is 14.7. The van der Waals surface area contributed by atoms with Crippen LogP contribution in [0.2, 0.25) is 0 Å². The first kappa shape index (κ1) is 33.2. The number of hydrogen-bond acceptors (Lipinski definition) is 4. The van der Waals surface area contributed by atoms with Crippen LogP contribution in [0.15, 0.2) is 199 Å². The van der Waals surface area contributed by atoms with Gasteiger partial charge in [-0.05, 0) is 81.8 Å². The van der Waals surface area contributed by atoms with Gasteiger partial charge in [0.05, 0.1) is 0 Å². The van der Waals surface area contributed by atoms with Crippen molar-refractivity contribution in [3.05, 3.63) is 200 Å². The van der Waals surface area contributed by atoms with Crippen LogP contribution >= 0.6 is 0 Å². The molecule has 0 aliphatic rings. The number of hydrogen-bond donors (Lipinski definition) is 0. The summed E-state index contributed by atoms with van der Waals surface area (Å²) in [6.45, 7) is 2.10. The third kappa shape index (κ3) is 6.33. The first-order valence-electron chi connectivity index (χ1n) is 18.8. The second-order valence-electron chi connectivity index (χ2n) is 14.1. The third-order valence-electron chi connectivity index (χ3n) is 10.4. The molecule has 2 heterocycles. The van der Waals surface area contributed by atoms with Crippen LogP contribution < -0.4 is 0 Å². The Morgan fingerprint density at radius 2 is 0.768 bits per heavy atom.